The number of rotatable bonds is 4. The molecule has 1 aromatic carbocycles. The van der Waals surface area contributed by atoms with Crippen LogP contribution in [0.3, 0.4) is 0 Å². The highest BCUT2D eigenvalue weighted by Crippen LogP contribution is 2.17. The molecule has 2 N–H and O–H groups in total. The molecule has 0 aliphatic rings. The second kappa shape index (κ2) is 5.23. The minimum Gasteiger partial charge on any atom is -0.492 e. The summed E-state index contributed by atoms with van der Waals surface area (Å²) < 4.78 is 5.50. The van der Waals surface area contributed by atoms with Gasteiger partial charge in [-0.05, 0) is 24.1 Å². The summed E-state index contributed by atoms with van der Waals surface area (Å²) in [7, 11) is 0. The van der Waals surface area contributed by atoms with E-state index >= 15 is 0 Å². The van der Waals surface area contributed by atoms with Crippen molar-refractivity contribution in [1.29, 1.82) is 0 Å². The lowest BCUT2D eigenvalue weighted by Gasteiger charge is -2.16. The normalized spacial score (nSPS) is 12.9. The van der Waals surface area contributed by atoms with Crippen molar-refractivity contribution < 1.29 is 4.74 Å². The van der Waals surface area contributed by atoms with Crippen molar-refractivity contribution in [1.82, 2.24) is 0 Å². The van der Waals surface area contributed by atoms with Crippen LogP contribution in [0.4, 0.5) is 0 Å². The lowest BCUT2D eigenvalue weighted by atomic mass is 10.1. The van der Waals surface area contributed by atoms with E-state index in [4.69, 9.17) is 22.1 Å². The van der Waals surface area contributed by atoms with Gasteiger partial charge in [0.15, 0.2) is 0 Å². The Hall–Kier alpha value is -0.730. The Morgan fingerprint density at radius 1 is 1.43 bits per heavy atom. The van der Waals surface area contributed by atoms with Gasteiger partial charge in [-0.2, -0.15) is 0 Å². The first-order valence-electron chi connectivity index (χ1n) is 4.73. The molecule has 1 rings (SSSR count). The van der Waals surface area contributed by atoms with Gasteiger partial charge in [0.25, 0.3) is 0 Å². The first-order chi connectivity index (χ1) is 6.59. The molecular weight excluding hydrogens is 198 g/mol. The molecule has 2 nitrogen and oxygen atoms in total. The molecule has 14 heavy (non-hydrogen) atoms. The molecular formula is C11H16ClNO. The summed E-state index contributed by atoms with van der Waals surface area (Å²) in [6, 6.07) is 7.40. The lowest BCUT2D eigenvalue weighted by molar-refractivity contribution is 0.259. The molecule has 0 fully saturated rings. The predicted octanol–water partition coefficient (Wildman–Crippen LogP) is 2.70. The summed E-state index contributed by atoms with van der Waals surface area (Å²) in [6.45, 7) is 4.68. The summed E-state index contributed by atoms with van der Waals surface area (Å²) in [5.41, 5.74) is 5.84. The van der Waals surface area contributed by atoms with E-state index in [-0.39, 0.29) is 6.04 Å². The highest BCUT2D eigenvalue weighted by atomic mass is 35.5. The zero-order chi connectivity index (χ0) is 10.6. The van der Waals surface area contributed by atoms with E-state index in [1.54, 1.807) is 6.07 Å². The SMILES string of the molecule is CC(C)C(N)COc1cccc(Cl)c1. The number of nitrogens with two attached hydrogens (primary N) is 1. The van der Waals surface area contributed by atoms with Gasteiger partial charge in [-0.3, -0.25) is 0 Å². The summed E-state index contributed by atoms with van der Waals surface area (Å²) in [6.07, 6.45) is 0. The Morgan fingerprint density at radius 2 is 2.14 bits per heavy atom. The van der Waals surface area contributed by atoms with E-state index in [1.165, 1.54) is 0 Å². The van der Waals surface area contributed by atoms with Crippen LogP contribution in [0.2, 0.25) is 5.02 Å². The standard InChI is InChI=1S/C11H16ClNO/c1-8(2)11(13)7-14-10-5-3-4-9(12)6-10/h3-6,8,11H,7,13H2,1-2H3. The fourth-order valence-corrected chi connectivity index (χ4v) is 1.12. The topological polar surface area (TPSA) is 35.2 Å². The summed E-state index contributed by atoms with van der Waals surface area (Å²) in [4.78, 5) is 0. The fourth-order valence-electron chi connectivity index (χ4n) is 0.942. The molecule has 0 amide bonds. The third kappa shape index (κ3) is 3.56. The third-order valence-electron chi connectivity index (χ3n) is 2.09. The Bertz CT molecular complexity index is 288. The van der Waals surface area contributed by atoms with Gasteiger partial charge in [-0.15, -0.1) is 0 Å². The number of ether oxygens (including phenoxy) is 1. The van der Waals surface area contributed by atoms with E-state index in [9.17, 15) is 0 Å². The summed E-state index contributed by atoms with van der Waals surface area (Å²) >= 11 is 5.81. The van der Waals surface area contributed by atoms with Gasteiger partial charge in [0.05, 0.1) is 0 Å². The second-order valence-electron chi connectivity index (χ2n) is 3.68. The smallest absolute Gasteiger partial charge is 0.120 e. The molecule has 0 saturated heterocycles. The highest BCUT2D eigenvalue weighted by Gasteiger charge is 2.07. The van der Waals surface area contributed by atoms with Gasteiger partial charge in [-0.25, -0.2) is 0 Å². The van der Waals surface area contributed by atoms with Gasteiger partial charge in [0.1, 0.15) is 12.4 Å². The molecule has 1 atom stereocenters. The Labute approximate surface area is 90.0 Å². The van der Waals surface area contributed by atoms with E-state index in [1.807, 2.05) is 18.2 Å². The molecule has 3 heteroatoms. The molecule has 0 aliphatic heterocycles. The van der Waals surface area contributed by atoms with Crippen LogP contribution in [-0.4, -0.2) is 12.6 Å². The van der Waals surface area contributed by atoms with Gasteiger partial charge < -0.3 is 10.5 Å². The summed E-state index contributed by atoms with van der Waals surface area (Å²) in [5.74, 6) is 1.20. The van der Waals surface area contributed by atoms with E-state index in [2.05, 4.69) is 13.8 Å². The molecule has 0 aromatic heterocycles. The molecule has 0 heterocycles. The largest absolute Gasteiger partial charge is 0.492 e. The Kier molecular flexibility index (Phi) is 4.23. The van der Waals surface area contributed by atoms with Crippen molar-refractivity contribution in [2.75, 3.05) is 6.61 Å². The van der Waals surface area contributed by atoms with Crippen LogP contribution < -0.4 is 10.5 Å². The monoisotopic (exact) mass is 213 g/mol. The van der Waals surface area contributed by atoms with Crippen molar-refractivity contribution in [3.8, 4) is 5.75 Å². The molecule has 0 bridgehead atoms. The van der Waals surface area contributed by atoms with Crippen molar-refractivity contribution in [2.45, 2.75) is 19.9 Å². The minimum atomic E-state index is 0.0639. The van der Waals surface area contributed by atoms with Gasteiger partial charge in [-0.1, -0.05) is 31.5 Å². The average molecular weight is 214 g/mol. The maximum atomic E-state index is 5.84. The molecule has 0 saturated carbocycles. The Balaban J connectivity index is 2.45. The lowest BCUT2D eigenvalue weighted by Crippen LogP contribution is -2.32. The first-order valence-corrected chi connectivity index (χ1v) is 5.11. The second-order valence-corrected chi connectivity index (χ2v) is 4.11. The molecule has 78 valence electrons. The van der Waals surface area contributed by atoms with Crippen LogP contribution in [0.15, 0.2) is 24.3 Å². The van der Waals surface area contributed by atoms with E-state index < -0.39 is 0 Å². The Morgan fingerprint density at radius 3 is 2.71 bits per heavy atom. The van der Waals surface area contributed by atoms with Crippen LogP contribution in [-0.2, 0) is 0 Å². The van der Waals surface area contributed by atoms with Crippen LogP contribution in [0.5, 0.6) is 5.75 Å². The number of benzene rings is 1. The van der Waals surface area contributed by atoms with Crippen molar-refractivity contribution in [3.63, 3.8) is 0 Å². The number of halogens is 1. The number of hydrogen-bond acceptors (Lipinski definition) is 2. The maximum absolute atomic E-state index is 5.84. The van der Waals surface area contributed by atoms with Crippen LogP contribution in [0, 0.1) is 5.92 Å². The van der Waals surface area contributed by atoms with Crippen LogP contribution >= 0.6 is 11.6 Å². The third-order valence-corrected chi connectivity index (χ3v) is 2.33. The first kappa shape index (κ1) is 11.3. The quantitative estimate of drug-likeness (QED) is 0.835. The highest BCUT2D eigenvalue weighted by molar-refractivity contribution is 6.30. The van der Waals surface area contributed by atoms with E-state index in [0.29, 0.717) is 17.5 Å². The number of hydrogen-bond donors (Lipinski definition) is 1. The maximum Gasteiger partial charge on any atom is 0.120 e. The van der Waals surface area contributed by atoms with E-state index in [0.717, 1.165) is 5.75 Å². The molecule has 0 aliphatic carbocycles. The predicted molar refractivity (Wildman–Crippen MR) is 59.8 cm³/mol. The van der Waals surface area contributed by atoms with Gasteiger partial charge >= 0.3 is 0 Å². The van der Waals surface area contributed by atoms with Gasteiger partial charge in [0, 0.05) is 11.1 Å². The van der Waals surface area contributed by atoms with Gasteiger partial charge in [0.2, 0.25) is 0 Å². The average Bonchev–Trinajstić information content (AvgIpc) is 2.14. The molecule has 0 radical (unpaired) electrons. The fraction of sp³-hybridized carbons (Fsp3) is 0.455. The zero-order valence-corrected chi connectivity index (χ0v) is 9.29. The van der Waals surface area contributed by atoms with Crippen molar-refractivity contribution in [2.24, 2.45) is 11.7 Å². The van der Waals surface area contributed by atoms with Crippen LogP contribution in [0.1, 0.15) is 13.8 Å². The molecule has 1 aromatic rings. The summed E-state index contributed by atoms with van der Waals surface area (Å²) in [5, 5.41) is 0.681. The zero-order valence-electron chi connectivity index (χ0n) is 8.53. The van der Waals surface area contributed by atoms with Crippen LogP contribution in [0.25, 0.3) is 0 Å². The van der Waals surface area contributed by atoms with Crippen molar-refractivity contribution >= 4 is 11.6 Å². The molecule has 1 unspecified atom stereocenters. The molecule has 0 spiro atoms. The minimum absolute atomic E-state index is 0.0639. The van der Waals surface area contributed by atoms with Crippen molar-refractivity contribution in [3.05, 3.63) is 29.3 Å².